The summed E-state index contributed by atoms with van der Waals surface area (Å²) in [4.78, 5) is 12.1. The molecular weight excluding hydrogens is 308 g/mol. The summed E-state index contributed by atoms with van der Waals surface area (Å²) in [6, 6.07) is 13.8. The Bertz CT molecular complexity index is 659. The average molecular weight is 321 g/mol. The molecule has 0 aliphatic carbocycles. The Labute approximate surface area is 132 Å². The zero-order valence-corrected chi connectivity index (χ0v) is 12.6. The molecule has 0 aromatic heterocycles. The topological polar surface area (TPSA) is 64.3 Å². The third kappa shape index (κ3) is 4.73. The lowest BCUT2D eigenvalue weighted by Gasteiger charge is -2.08. The number of thiocarbonyl (C=S) groups is 1. The Balaban J connectivity index is 1.90. The fourth-order valence-electron chi connectivity index (χ4n) is 1.62. The fourth-order valence-corrected chi connectivity index (χ4v) is 1.87. The van der Waals surface area contributed by atoms with Crippen molar-refractivity contribution in [1.29, 1.82) is 0 Å². The van der Waals surface area contributed by atoms with Gasteiger partial charge in [0.2, 0.25) is 0 Å². The van der Waals surface area contributed by atoms with E-state index in [9.17, 15) is 4.79 Å². The molecule has 0 aliphatic rings. The SMILES string of the molecule is NC(=S)c1cccc(OCC(=O)Nc2ccc(Cl)cc2)c1. The second-order valence-electron chi connectivity index (χ2n) is 4.24. The molecule has 6 heteroatoms. The van der Waals surface area contributed by atoms with E-state index in [0.717, 1.165) is 0 Å². The Morgan fingerprint density at radius 3 is 2.62 bits per heavy atom. The van der Waals surface area contributed by atoms with E-state index in [4.69, 9.17) is 34.3 Å². The van der Waals surface area contributed by atoms with Gasteiger partial charge in [0, 0.05) is 16.3 Å². The van der Waals surface area contributed by atoms with Gasteiger partial charge in [0.25, 0.3) is 5.91 Å². The summed E-state index contributed by atoms with van der Waals surface area (Å²) in [7, 11) is 0. The normalized spacial score (nSPS) is 9.95. The molecule has 0 atom stereocenters. The molecule has 1 amide bonds. The van der Waals surface area contributed by atoms with E-state index in [0.29, 0.717) is 22.0 Å². The van der Waals surface area contributed by atoms with Crippen LogP contribution in [0.15, 0.2) is 48.5 Å². The number of carbonyl (C=O) groups excluding carboxylic acids is 1. The number of benzene rings is 2. The van der Waals surface area contributed by atoms with Gasteiger partial charge in [0.05, 0.1) is 0 Å². The maximum absolute atomic E-state index is 11.8. The van der Waals surface area contributed by atoms with Crippen molar-refractivity contribution < 1.29 is 9.53 Å². The number of anilines is 1. The summed E-state index contributed by atoms with van der Waals surface area (Å²) < 4.78 is 5.40. The number of hydrogen-bond acceptors (Lipinski definition) is 3. The van der Waals surface area contributed by atoms with Crippen molar-refractivity contribution in [3.05, 3.63) is 59.1 Å². The second-order valence-corrected chi connectivity index (χ2v) is 5.11. The van der Waals surface area contributed by atoms with E-state index >= 15 is 0 Å². The lowest BCUT2D eigenvalue weighted by molar-refractivity contribution is -0.118. The number of rotatable bonds is 5. The third-order valence-corrected chi connectivity index (χ3v) is 3.10. The molecule has 0 unspecified atom stereocenters. The van der Waals surface area contributed by atoms with Gasteiger partial charge in [-0.3, -0.25) is 4.79 Å². The predicted octanol–water partition coefficient (Wildman–Crippen LogP) is 2.99. The van der Waals surface area contributed by atoms with Gasteiger partial charge < -0.3 is 15.8 Å². The number of amides is 1. The molecule has 0 fully saturated rings. The number of halogens is 1. The maximum atomic E-state index is 11.8. The van der Waals surface area contributed by atoms with Crippen LogP contribution in [0.25, 0.3) is 0 Å². The number of nitrogens with one attached hydrogen (secondary N) is 1. The van der Waals surface area contributed by atoms with Crippen molar-refractivity contribution in [2.24, 2.45) is 5.73 Å². The van der Waals surface area contributed by atoms with Gasteiger partial charge >= 0.3 is 0 Å². The van der Waals surface area contributed by atoms with Crippen LogP contribution in [-0.4, -0.2) is 17.5 Å². The van der Waals surface area contributed by atoms with Crippen molar-refractivity contribution >= 4 is 40.4 Å². The van der Waals surface area contributed by atoms with Crippen LogP contribution in [0.4, 0.5) is 5.69 Å². The predicted molar refractivity (Wildman–Crippen MR) is 87.9 cm³/mol. The molecular formula is C15H13ClN2O2S. The van der Waals surface area contributed by atoms with E-state index in [1.54, 1.807) is 48.5 Å². The zero-order chi connectivity index (χ0) is 15.2. The summed E-state index contributed by atoms with van der Waals surface area (Å²) in [5.41, 5.74) is 6.89. The molecule has 0 saturated heterocycles. The first kappa shape index (κ1) is 15.3. The van der Waals surface area contributed by atoms with Crippen LogP contribution >= 0.6 is 23.8 Å². The van der Waals surface area contributed by atoms with Crippen molar-refractivity contribution in [2.45, 2.75) is 0 Å². The first-order valence-corrected chi connectivity index (χ1v) is 6.91. The smallest absolute Gasteiger partial charge is 0.262 e. The summed E-state index contributed by atoms with van der Waals surface area (Å²) in [5, 5.41) is 3.31. The molecule has 0 spiro atoms. The molecule has 3 N–H and O–H groups in total. The molecule has 2 aromatic rings. The lowest BCUT2D eigenvalue weighted by Crippen LogP contribution is -2.20. The van der Waals surface area contributed by atoms with E-state index in [-0.39, 0.29) is 17.5 Å². The molecule has 0 bridgehead atoms. The number of hydrogen-bond donors (Lipinski definition) is 2. The van der Waals surface area contributed by atoms with Crippen LogP contribution in [0, 0.1) is 0 Å². The number of carbonyl (C=O) groups is 1. The number of nitrogens with two attached hydrogens (primary N) is 1. The highest BCUT2D eigenvalue weighted by Gasteiger charge is 2.05. The van der Waals surface area contributed by atoms with Crippen LogP contribution in [-0.2, 0) is 4.79 Å². The zero-order valence-electron chi connectivity index (χ0n) is 11.0. The van der Waals surface area contributed by atoms with Crippen molar-refractivity contribution in [3.63, 3.8) is 0 Å². The lowest BCUT2D eigenvalue weighted by atomic mass is 10.2. The van der Waals surface area contributed by atoms with E-state index < -0.39 is 0 Å². The Morgan fingerprint density at radius 1 is 1.24 bits per heavy atom. The molecule has 0 saturated carbocycles. The molecule has 0 aliphatic heterocycles. The van der Waals surface area contributed by atoms with Gasteiger partial charge in [-0.25, -0.2) is 0 Å². The highest BCUT2D eigenvalue weighted by Crippen LogP contribution is 2.15. The standard InChI is InChI=1S/C15H13ClN2O2S/c16-11-4-6-12(7-5-11)18-14(19)9-20-13-3-1-2-10(8-13)15(17)21/h1-8H,9H2,(H2,17,21)(H,18,19). The Hall–Kier alpha value is -2.11. The van der Waals surface area contributed by atoms with Crippen molar-refractivity contribution in [1.82, 2.24) is 0 Å². The molecule has 0 radical (unpaired) electrons. The fraction of sp³-hybridized carbons (Fsp3) is 0.0667. The van der Waals surface area contributed by atoms with Gasteiger partial charge in [-0.15, -0.1) is 0 Å². The maximum Gasteiger partial charge on any atom is 0.262 e. The monoisotopic (exact) mass is 320 g/mol. The summed E-state index contributed by atoms with van der Waals surface area (Å²) in [5.74, 6) is 0.268. The molecule has 0 heterocycles. The van der Waals surface area contributed by atoms with Gasteiger partial charge in [0.1, 0.15) is 10.7 Å². The average Bonchev–Trinajstić information content (AvgIpc) is 2.48. The molecule has 108 valence electrons. The Morgan fingerprint density at radius 2 is 1.95 bits per heavy atom. The largest absolute Gasteiger partial charge is 0.484 e. The van der Waals surface area contributed by atoms with Crippen LogP contribution in [0.3, 0.4) is 0 Å². The quantitative estimate of drug-likeness (QED) is 0.831. The molecule has 4 nitrogen and oxygen atoms in total. The summed E-state index contributed by atoms with van der Waals surface area (Å²) in [6.07, 6.45) is 0. The van der Waals surface area contributed by atoms with Crippen LogP contribution in [0.5, 0.6) is 5.75 Å². The Kier molecular flexibility index (Phi) is 5.14. The van der Waals surface area contributed by atoms with Crippen molar-refractivity contribution in [3.8, 4) is 5.75 Å². The molecule has 2 aromatic carbocycles. The van der Waals surface area contributed by atoms with E-state index in [2.05, 4.69) is 5.32 Å². The van der Waals surface area contributed by atoms with Gasteiger partial charge in [0.15, 0.2) is 6.61 Å². The van der Waals surface area contributed by atoms with Crippen LogP contribution in [0.2, 0.25) is 5.02 Å². The minimum Gasteiger partial charge on any atom is -0.484 e. The number of ether oxygens (including phenoxy) is 1. The van der Waals surface area contributed by atoms with E-state index in [1.807, 2.05) is 0 Å². The summed E-state index contributed by atoms with van der Waals surface area (Å²) >= 11 is 10.7. The van der Waals surface area contributed by atoms with Crippen LogP contribution < -0.4 is 15.8 Å². The molecule has 21 heavy (non-hydrogen) atoms. The third-order valence-electron chi connectivity index (χ3n) is 2.62. The highest BCUT2D eigenvalue weighted by atomic mass is 35.5. The van der Waals surface area contributed by atoms with Gasteiger partial charge in [-0.1, -0.05) is 36.0 Å². The highest BCUT2D eigenvalue weighted by molar-refractivity contribution is 7.80. The van der Waals surface area contributed by atoms with Crippen LogP contribution in [0.1, 0.15) is 5.56 Å². The second kappa shape index (κ2) is 7.06. The first-order valence-electron chi connectivity index (χ1n) is 6.12. The van der Waals surface area contributed by atoms with E-state index in [1.165, 1.54) is 0 Å². The minimum atomic E-state index is -0.266. The summed E-state index contributed by atoms with van der Waals surface area (Å²) in [6.45, 7) is -0.108. The molecule has 2 rings (SSSR count). The van der Waals surface area contributed by atoms with Crippen molar-refractivity contribution in [2.75, 3.05) is 11.9 Å². The van der Waals surface area contributed by atoms with Gasteiger partial charge in [-0.2, -0.15) is 0 Å². The first-order chi connectivity index (χ1) is 10.0. The minimum absolute atomic E-state index is 0.108. The van der Waals surface area contributed by atoms with Gasteiger partial charge in [-0.05, 0) is 36.4 Å².